The summed E-state index contributed by atoms with van der Waals surface area (Å²) in [5.74, 6) is -0.618. The fraction of sp³-hybridized carbons (Fsp3) is 0.353. The van der Waals surface area contributed by atoms with E-state index < -0.39 is 12.0 Å². The lowest BCUT2D eigenvalue weighted by molar-refractivity contribution is -0.153. The lowest BCUT2D eigenvalue weighted by Crippen LogP contribution is -2.30. The van der Waals surface area contributed by atoms with E-state index in [9.17, 15) is 9.59 Å². The van der Waals surface area contributed by atoms with E-state index in [1.165, 1.54) is 6.92 Å². The molecule has 0 saturated heterocycles. The number of amides is 1. The van der Waals surface area contributed by atoms with Crippen LogP contribution in [0.4, 0.5) is 5.69 Å². The van der Waals surface area contributed by atoms with Crippen LogP contribution >= 0.6 is 0 Å². The number of benzene rings is 1. The van der Waals surface area contributed by atoms with Gasteiger partial charge >= 0.3 is 5.97 Å². The molecule has 0 spiro atoms. The second kappa shape index (κ2) is 7.41. The summed E-state index contributed by atoms with van der Waals surface area (Å²) in [7, 11) is 0. The van der Waals surface area contributed by atoms with E-state index >= 15 is 0 Å². The van der Waals surface area contributed by atoms with Gasteiger partial charge in [-0.2, -0.15) is 5.26 Å². The van der Waals surface area contributed by atoms with Gasteiger partial charge in [0.25, 0.3) is 5.91 Å². The maximum Gasteiger partial charge on any atom is 0.307 e. The fourth-order valence-corrected chi connectivity index (χ4v) is 2.30. The minimum atomic E-state index is -0.898. The van der Waals surface area contributed by atoms with Crippen LogP contribution in [0, 0.1) is 17.2 Å². The molecule has 1 aliphatic rings. The summed E-state index contributed by atoms with van der Waals surface area (Å²) in [6.45, 7) is 1.52. The molecule has 2 rings (SSSR count). The number of allylic oxidation sites excluding steroid dienone is 2. The number of esters is 1. The van der Waals surface area contributed by atoms with E-state index in [2.05, 4.69) is 5.32 Å². The summed E-state index contributed by atoms with van der Waals surface area (Å²) < 4.78 is 5.15. The zero-order valence-electron chi connectivity index (χ0n) is 12.4. The Hall–Kier alpha value is -2.61. The van der Waals surface area contributed by atoms with Gasteiger partial charge in [0.2, 0.25) is 0 Å². The number of ether oxygens (including phenoxy) is 1. The van der Waals surface area contributed by atoms with Crippen molar-refractivity contribution in [2.75, 3.05) is 5.32 Å². The van der Waals surface area contributed by atoms with Gasteiger partial charge in [-0.15, -0.1) is 0 Å². The van der Waals surface area contributed by atoms with Crippen molar-refractivity contribution in [3.63, 3.8) is 0 Å². The quantitative estimate of drug-likeness (QED) is 0.669. The van der Waals surface area contributed by atoms with E-state index in [0.717, 1.165) is 12.8 Å². The number of nitriles is 1. The molecule has 1 aliphatic carbocycles. The largest absolute Gasteiger partial charge is 0.453 e. The summed E-state index contributed by atoms with van der Waals surface area (Å²) in [6.07, 6.45) is 5.39. The van der Waals surface area contributed by atoms with Gasteiger partial charge in [-0.05, 0) is 37.8 Å². The van der Waals surface area contributed by atoms with Crippen LogP contribution in [0.25, 0.3) is 0 Å². The topological polar surface area (TPSA) is 79.2 Å². The van der Waals surface area contributed by atoms with Crippen molar-refractivity contribution in [3.8, 4) is 6.07 Å². The predicted octanol–water partition coefficient (Wildman–Crippen LogP) is 2.78. The molecule has 0 unspecified atom stereocenters. The Labute approximate surface area is 129 Å². The van der Waals surface area contributed by atoms with Crippen molar-refractivity contribution in [1.82, 2.24) is 0 Å². The first-order valence-corrected chi connectivity index (χ1v) is 7.26. The zero-order chi connectivity index (χ0) is 15.9. The first kappa shape index (κ1) is 15.8. The maximum atomic E-state index is 12.0. The SMILES string of the molecule is C[C@@H](OC(=O)C[C@H]1C=CCC1)C(=O)Nc1ccccc1C#N. The number of para-hydroxylation sites is 1. The molecule has 2 atom stereocenters. The number of rotatable bonds is 5. The first-order valence-electron chi connectivity index (χ1n) is 7.26. The summed E-state index contributed by atoms with van der Waals surface area (Å²) >= 11 is 0. The molecule has 1 amide bonds. The minimum Gasteiger partial charge on any atom is -0.453 e. The van der Waals surface area contributed by atoms with Crippen LogP contribution in [0.3, 0.4) is 0 Å². The lowest BCUT2D eigenvalue weighted by Gasteiger charge is -2.15. The number of hydrogen-bond acceptors (Lipinski definition) is 4. The number of carbonyl (C=O) groups is 2. The van der Waals surface area contributed by atoms with Gasteiger partial charge in [0, 0.05) is 0 Å². The Bertz CT molecular complexity index is 631. The molecule has 0 fully saturated rings. The van der Waals surface area contributed by atoms with E-state index in [4.69, 9.17) is 10.00 Å². The molecule has 5 nitrogen and oxygen atoms in total. The molecule has 1 N–H and O–H groups in total. The molecule has 5 heteroatoms. The Morgan fingerprint density at radius 1 is 1.45 bits per heavy atom. The van der Waals surface area contributed by atoms with Crippen LogP contribution in [-0.4, -0.2) is 18.0 Å². The highest BCUT2D eigenvalue weighted by molar-refractivity contribution is 5.96. The molecule has 0 aromatic heterocycles. The monoisotopic (exact) mass is 298 g/mol. The van der Waals surface area contributed by atoms with Gasteiger partial charge in [-0.3, -0.25) is 9.59 Å². The van der Waals surface area contributed by atoms with Gasteiger partial charge in [0.05, 0.1) is 17.7 Å². The zero-order valence-corrected chi connectivity index (χ0v) is 12.4. The van der Waals surface area contributed by atoms with Crippen LogP contribution in [-0.2, 0) is 14.3 Å². The Kier molecular flexibility index (Phi) is 5.31. The summed E-state index contributed by atoms with van der Waals surface area (Å²) in [6, 6.07) is 8.68. The van der Waals surface area contributed by atoms with E-state index in [1.807, 2.05) is 18.2 Å². The minimum absolute atomic E-state index is 0.210. The molecule has 0 aliphatic heterocycles. The smallest absolute Gasteiger partial charge is 0.307 e. The Morgan fingerprint density at radius 2 is 2.23 bits per heavy atom. The highest BCUT2D eigenvalue weighted by Gasteiger charge is 2.21. The van der Waals surface area contributed by atoms with Crippen molar-refractivity contribution >= 4 is 17.6 Å². The van der Waals surface area contributed by atoms with Crippen LogP contribution in [0.1, 0.15) is 31.7 Å². The van der Waals surface area contributed by atoms with E-state index in [1.54, 1.807) is 24.3 Å². The molecular formula is C17H18N2O3. The molecule has 114 valence electrons. The van der Waals surface area contributed by atoms with E-state index in [-0.39, 0.29) is 11.9 Å². The number of nitrogens with one attached hydrogen (secondary N) is 1. The molecule has 0 saturated carbocycles. The molecule has 0 bridgehead atoms. The first-order chi connectivity index (χ1) is 10.6. The third-order valence-corrected chi connectivity index (χ3v) is 3.52. The number of carbonyl (C=O) groups excluding carboxylic acids is 2. The van der Waals surface area contributed by atoms with Crippen molar-refractivity contribution in [1.29, 1.82) is 5.26 Å². The lowest BCUT2D eigenvalue weighted by atomic mass is 10.1. The van der Waals surface area contributed by atoms with Crippen molar-refractivity contribution in [2.24, 2.45) is 5.92 Å². The third kappa shape index (κ3) is 4.19. The van der Waals surface area contributed by atoms with Crippen LogP contribution in [0.2, 0.25) is 0 Å². The van der Waals surface area contributed by atoms with Crippen molar-refractivity contribution in [2.45, 2.75) is 32.3 Å². The predicted molar refractivity (Wildman–Crippen MR) is 81.8 cm³/mol. The van der Waals surface area contributed by atoms with Gasteiger partial charge in [0.15, 0.2) is 6.10 Å². The van der Waals surface area contributed by atoms with Crippen LogP contribution < -0.4 is 5.32 Å². The molecule has 1 aromatic carbocycles. The average Bonchev–Trinajstić information content (AvgIpc) is 3.00. The molecule has 0 radical (unpaired) electrons. The van der Waals surface area contributed by atoms with Crippen molar-refractivity contribution in [3.05, 3.63) is 42.0 Å². The van der Waals surface area contributed by atoms with Gasteiger partial charge in [0.1, 0.15) is 6.07 Å². The standard InChI is InChI=1S/C17H18N2O3/c1-12(22-16(20)10-13-6-2-3-7-13)17(21)19-15-9-5-4-8-14(15)11-18/h2,4-6,8-9,12-13H,3,7,10H2,1H3,(H,19,21)/t12-,13+/m1/s1. The van der Waals surface area contributed by atoms with Crippen LogP contribution in [0.5, 0.6) is 0 Å². The third-order valence-electron chi connectivity index (χ3n) is 3.52. The number of anilines is 1. The maximum absolute atomic E-state index is 12.0. The molecule has 1 aromatic rings. The molecule has 22 heavy (non-hydrogen) atoms. The van der Waals surface area contributed by atoms with Crippen LogP contribution in [0.15, 0.2) is 36.4 Å². The molecular weight excluding hydrogens is 280 g/mol. The summed E-state index contributed by atoms with van der Waals surface area (Å²) in [5.41, 5.74) is 0.780. The number of nitrogens with zero attached hydrogens (tertiary/aromatic N) is 1. The summed E-state index contributed by atoms with van der Waals surface area (Å²) in [5, 5.41) is 11.6. The fourth-order valence-electron chi connectivity index (χ4n) is 2.30. The Morgan fingerprint density at radius 3 is 2.91 bits per heavy atom. The van der Waals surface area contributed by atoms with E-state index in [0.29, 0.717) is 17.7 Å². The Balaban J connectivity index is 1.87. The van der Waals surface area contributed by atoms with Gasteiger partial charge in [-0.25, -0.2) is 0 Å². The normalized spacial score (nSPS) is 17.5. The highest BCUT2D eigenvalue weighted by atomic mass is 16.5. The highest BCUT2D eigenvalue weighted by Crippen LogP contribution is 2.21. The molecule has 0 heterocycles. The van der Waals surface area contributed by atoms with Gasteiger partial charge < -0.3 is 10.1 Å². The second-order valence-corrected chi connectivity index (χ2v) is 5.25. The van der Waals surface area contributed by atoms with Crippen molar-refractivity contribution < 1.29 is 14.3 Å². The van der Waals surface area contributed by atoms with Gasteiger partial charge in [-0.1, -0.05) is 24.3 Å². The summed E-state index contributed by atoms with van der Waals surface area (Å²) in [4.78, 5) is 23.8. The number of hydrogen-bond donors (Lipinski definition) is 1. The second-order valence-electron chi connectivity index (χ2n) is 5.25. The average molecular weight is 298 g/mol.